The lowest BCUT2D eigenvalue weighted by atomic mass is 9.61. The van der Waals surface area contributed by atoms with Crippen LogP contribution in [0.1, 0.15) is 31.4 Å². The molecule has 0 atom stereocenters. The maximum absolute atomic E-state index is 12.2. The molecule has 1 fully saturated rings. The fourth-order valence-electron chi connectivity index (χ4n) is 2.54. The van der Waals surface area contributed by atoms with E-state index in [1.807, 2.05) is 6.92 Å². The van der Waals surface area contributed by atoms with E-state index in [1.165, 1.54) is 0 Å². The lowest BCUT2D eigenvalue weighted by Gasteiger charge is -2.43. The third-order valence-corrected chi connectivity index (χ3v) is 3.50. The van der Waals surface area contributed by atoms with Crippen LogP contribution in [0, 0.1) is 18.3 Å². The van der Waals surface area contributed by atoms with Gasteiger partial charge in [-0.3, -0.25) is 4.79 Å². The van der Waals surface area contributed by atoms with E-state index >= 15 is 0 Å². The summed E-state index contributed by atoms with van der Waals surface area (Å²) < 4.78 is 5.27. The smallest absolute Gasteiger partial charge is 0.234 e. The molecule has 0 radical (unpaired) electrons. The fourth-order valence-corrected chi connectivity index (χ4v) is 2.54. The summed E-state index contributed by atoms with van der Waals surface area (Å²) in [6.07, 6.45) is 2.75. The average Bonchev–Trinajstić information content (AvgIpc) is 2.76. The number of amidine groups is 1. The molecule has 0 unspecified atom stereocenters. The first-order valence-electron chi connectivity index (χ1n) is 6.15. The Bertz CT molecular complexity index is 503. The molecule has 1 amide bonds. The van der Waals surface area contributed by atoms with Gasteiger partial charge in [0.05, 0.1) is 12.7 Å². The highest BCUT2D eigenvalue weighted by molar-refractivity contribution is 6.07. The number of hydrogen-bond donors (Lipinski definition) is 3. The van der Waals surface area contributed by atoms with Crippen molar-refractivity contribution in [2.45, 2.75) is 33.2 Å². The highest BCUT2D eigenvalue weighted by atomic mass is 16.4. The van der Waals surface area contributed by atoms with Gasteiger partial charge in [0.25, 0.3) is 0 Å². The minimum absolute atomic E-state index is 0.0355. The summed E-state index contributed by atoms with van der Waals surface area (Å²) >= 11 is 0. The van der Waals surface area contributed by atoms with Crippen LogP contribution in [-0.4, -0.2) is 21.9 Å². The molecule has 0 aromatic carbocycles. The van der Waals surface area contributed by atoms with Crippen molar-refractivity contribution in [3.63, 3.8) is 0 Å². The van der Waals surface area contributed by atoms with E-state index in [9.17, 15) is 4.79 Å². The van der Waals surface area contributed by atoms with Gasteiger partial charge in [0.1, 0.15) is 11.2 Å². The van der Waals surface area contributed by atoms with Crippen LogP contribution in [0.3, 0.4) is 0 Å². The monoisotopic (exact) mass is 266 g/mol. The minimum Gasteiger partial charge on any atom is -0.444 e. The summed E-state index contributed by atoms with van der Waals surface area (Å²) in [4.78, 5) is 16.2. The summed E-state index contributed by atoms with van der Waals surface area (Å²) in [6.45, 7) is 4.00. The number of oxazole rings is 1. The Kier molecular flexibility index (Phi) is 3.46. The predicted molar refractivity (Wildman–Crippen MR) is 67.3 cm³/mol. The van der Waals surface area contributed by atoms with E-state index < -0.39 is 5.41 Å². The van der Waals surface area contributed by atoms with Gasteiger partial charge in [-0.15, -0.1) is 0 Å². The van der Waals surface area contributed by atoms with Crippen molar-refractivity contribution in [1.82, 2.24) is 10.3 Å². The Labute approximate surface area is 110 Å². The van der Waals surface area contributed by atoms with Gasteiger partial charge in [-0.05, 0) is 25.7 Å². The molecule has 0 aliphatic heterocycles. The molecule has 104 valence electrons. The van der Waals surface area contributed by atoms with Gasteiger partial charge in [-0.2, -0.15) is 0 Å². The molecule has 0 saturated heterocycles. The van der Waals surface area contributed by atoms with Crippen LogP contribution >= 0.6 is 0 Å². The van der Waals surface area contributed by atoms with E-state index in [4.69, 9.17) is 15.4 Å². The molecule has 7 heteroatoms. The molecule has 19 heavy (non-hydrogen) atoms. The van der Waals surface area contributed by atoms with E-state index in [0.29, 0.717) is 30.4 Å². The summed E-state index contributed by atoms with van der Waals surface area (Å²) in [5.74, 6) is 1.22. The molecule has 2 rings (SSSR count). The summed E-state index contributed by atoms with van der Waals surface area (Å²) in [7, 11) is 0. The third kappa shape index (κ3) is 2.40. The van der Waals surface area contributed by atoms with Crippen molar-refractivity contribution >= 4 is 11.7 Å². The molecule has 1 aliphatic rings. The summed E-state index contributed by atoms with van der Waals surface area (Å²) in [5.41, 5.74) is 4.76. The number of aromatic nitrogens is 1. The first-order valence-corrected chi connectivity index (χ1v) is 6.15. The highest BCUT2D eigenvalue weighted by Gasteiger charge is 2.52. The molecule has 1 aliphatic carbocycles. The van der Waals surface area contributed by atoms with Gasteiger partial charge in [-0.25, -0.2) is 4.98 Å². The van der Waals surface area contributed by atoms with Crippen molar-refractivity contribution in [2.24, 2.45) is 22.2 Å². The van der Waals surface area contributed by atoms with Crippen LogP contribution in [0.5, 0.6) is 0 Å². The van der Waals surface area contributed by atoms with E-state index in [1.54, 1.807) is 13.1 Å². The van der Waals surface area contributed by atoms with Gasteiger partial charge < -0.3 is 20.7 Å². The number of nitrogens with two attached hydrogens (primary N) is 1. The zero-order chi connectivity index (χ0) is 14.0. The predicted octanol–water partition coefficient (Wildman–Crippen LogP) is 0.762. The quantitative estimate of drug-likeness (QED) is 0.322. The lowest BCUT2D eigenvalue weighted by molar-refractivity contribution is -0.133. The molecular weight excluding hydrogens is 248 g/mol. The van der Waals surface area contributed by atoms with Crippen molar-refractivity contribution in [1.29, 1.82) is 0 Å². The van der Waals surface area contributed by atoms with E-state index in [2.05, 4.69) is 15.5 Å². The third-order valence-electron chi connectivity index (χ3n) is 3.50. The fraction of sp³-hybridized carbons (Fsp3) is 0.583. The van der Waals surface area contributed by atoms with Crippen molar-refractivity contribution < 1.29 is 14.4 Å². The first-order chi connectivity index (χ1) is 8.98. The van der Waals surface area contributed by atoms with Gasteiger partial charge in [0.15, 0.2) is 5.84 Å². The summed E-state index contributed by atoms with van der Waals surface area (Å²) in [6, 6.07) is 0. The van der Waals surface area contributed by atoms with Gasteiger partial charge >= 0.3 is 0 Å². The number of amides is 1. The lowest BCUT2D eigenvalue weighted by Crippen LogP contribution is -2.56. The topological polar surface area (TPSA) is 114 Å². The second-order valence-electron chi connectivity index (χ2n) is 5.13. The number of carbonyl (C=O) groups excluding carboxylic acids is 1. The normalized spacial score (nSPS) is 26.8. The number of nitrogens with one attached hydrogen (secondary N) is 1. The maximum atomic E-state index is 12.2. The Morgan fingerprint density at radius 3 is 2.89 bits per heavy atom. The van der Waals surface area contributed by atoms with E-state index in [-0.39, 0.29) is 18.3 Å². The average molecular weight is 266 g/mol. The Morgan fingerprint density at radius 2 is 2.42 bits per heavy atom. The van der Waals surface area contributed by atoms with Crippen molar-refractivity contribution in [3.8, 4) is 0 Å². The van der Waals surface area contributed by atoms with Crippen molar-refractivity contribution in [3.05, 3.63) is 17.8 Å². The maximum Gasteiger partial charge on any atom is 0.234 e. The van der Waals surface area contributed by atoms with Crippen LogP contribution in [-0.2, 0) is 11.3 Å². The SMILES string of the molecule is Cc1cnc(CNC(=O)C2(/C(N)=N/O)CC(C)C2)o1. The second kappa shape index (κ2) is 4.91. The van der Waals surface area contributed by atoms with Crippen LogP contribution in [0.2, 0.25) is 0 Å². The molecule has 1 aromatic heterocycles. The molecule has 1 saturated carbocycles. The van der Waals surface area contributed by atoms with Crippen molar-refractivity contribution in [2.75, 3.05) is 0 Å². The Balaban J connectivity index is 2.01. The zero-order valence-corrected chi connectivity index (χ0v) is 11.0. The van der Waals surface area contributed by atoms with Crippen LogP contribution < -0.4 is 11.1 Å². The molecule has 1 heterocycles. The van der Waals surface area contributed by atoms with Crippen LogP contribution in [0.25, 0.3) is 0 Å². The number of oxime groups is 1. The molecule has 1 aromatic rings. The van der Waals surface area contributed by atoms with Gasteiger partial charge in [0.2, 0.25) is 11.8 Å². The molecule has 0 spiro atoms. The number of hydrogen-bond acceptors (Lipinski definition) is 5. The molecular formula is C12H18N4O3. The number of nitrogens with zero attached hydrogens (tertiary/aromatic N) is 2. The molecule has 7 nitrogen and oxygen atoms in total. The largest absolute Gasteiger partial charge is 0.444 e. The standard InChI is InChI=1S/C12H18N4O3/c1-7-3-12(4-7,10(13)16-18)11(17)15-6-9-14-5-8(2)19-9/h5,7,18H,3-4,6H2,1-2H3,(H2,13,16)(H,15,17). The molecule has 4 N–H and O–H groups in total. The Morgan fingerprint density at radius 1 is 1.74 bits per heavy atom. The molecule has 0 bridgehead atoms. The van der Waals surface area contributed by atoms with Gasteiger partial charge in [-0.1, -0.05) is 12.1 Å². The second-order valence-corrected chi connectivity index (χ2v) is 5.13. The number of rotatable bonds is 4. The van der Waals surface area contributed by atoms with E-state index in [0.717, 1.165) is 0 Å². The van der Waals surface area contributed by atoms with Crippen LogP contribution in [0.15, 0.2) is 15.8 Å². The summed E-state index contributed by atoms with van der Waals surface area (Å²) in [5, 5.41) is 14.5. The highest BCUT2D eigenvalue weighted by Crippen LogP contribution is 2.45. The first kappa shape index (κ1) is 13.4. The minimum atomic E-state index is -0.893. The zero-order valence-electron chi connectivity index (χ0n) is 11.0. The number of carbonyl (C=O) groups is 1. The number of aryl methyl sites for hydroxylation is 1. The van der Waals surface area contributed by atoms with Crippen LogP contribution in [0.4, 0.5) is 0 Å². The van der Waals surface area contributed by atoms with Gasteiger partial charge in [0, 0.05) is 0 Å². The Hall–Kier alpha value is -2.05.